The third-order valence-corrected chi connectivity index (χ3v) is 3.65. The third-order valence-electron chi connectivity index (χ3n) is 3.65. The number of nitriles is 1. The van der Waals surface area contributed by atoms with Gasteiger partial charge in [0.2, 0.25) is 0 Å². The molecule has 0 atom stereocenters. The summed E-state index contributed by atoms with van der Waals surface area (Å²) in [5, 5.41) is 14.9. The highest BCUT2D eigenvalue weighted by atomic mass is 16.5. The molecule has 25 heavy (non-hydrogen) atoms. The van der Waals surface area contributed by atoms with Crippen LogP contribution in [0.1, 0.15) is 11.1 Å². The molecule has 128 valence electrons. The summed E-state index contributed by atoms with van der Waals surface area (Å²) in [6.45, 7) is 2.68. The number of carbonyl (C=O) groups is 1. The highest BCUT2D eigenvalue weighted by molar-refractivity contribution is 6.07. The quantitative estimate of drug-likeness (QED) is 0.463. The summed E-state index contributed by atoms with van der Waals surface area (Å²) >= 11 is 0. The predicted octanol–water partition coefficient (Wildman–Crippen LogP) is 3.18. The van der Waals surface area contributed by atoms with Crippen molar-refractivity contribution >= 4 is 11.6 Å². The number of amides is 1. The van der Waals surface area contributed by atoms with Gasteiger partial charge in [0, 0.05) is 12.7 Å². The Bertz CT molecular complexity index is 789. The van der Waals surface area contributed by atoms with Gasteiger partial charge in [-0.2, -0.15) is 5.26 Å². The van der Waals surface area contributed by atoms with Gasteiger partial charge < -0.3 is 15.4 Å². The number of nitrogens with one attached hydrogen (secondary N) is 2. The Morgan fingerprint density at radius 2 is 1.92 bits per heavy atom. The highest BCUT2D eigenvalue weighted by Crippen LogP contribution is 2.23. The molecule has 2 N–H and O–H groups in total. The first-order valence-electron chi connectivity index (χ1n) is 7.97. The lowest BCUT2D eigenvalue weighted by Gasteiger charge is -2.09. The van der Waals surface area contributed by atoms with E-state index in [4.69, 9.17) is 4.74 Å². The number of aryl methyl sites for hydroxylation is 1. The molecule has 0 aliphatic carbocycles. The number of benzene rings is 2. The second kappa shape index (κ2) is 9.14. The summed E-state index contributed by atoms with van der Waals surface area (Å²) in [5.41, 5.74) is 2.95. The Labute approximate surface area is 147 Å². The topological polar surface area (TPSA) is 74.1 Å². The van der Waals surface area contributed by atoms with Crippen LogP contribution in [0.2, 0.25) is 0 Å². The van der Waals surface area contributed by atoms with Crippen molar-refractivity contribution < 1.29 is 9.53 Å². The summed E-state index contributed by atoms with van der Waals surface area (Å²) < 4.78 is 5.18. The maximum atomic E-state index is 12.2. The number of anilines is 1. The minimum atomic E-state index is -0.477. The Balaban J connectivity index is 1.91. The first kappa shape index (κ1) is 18.1. The average Bonchev–Trinajstić information content (AvgIpc) is 2.63. The molecule has 0 heterocycles. The van der Waals surface area contributed by atoms with Gasteiger partial charge in [0.05, 0.1) is 12.8 Å². The van der Waals surface area contributed by atoms with E-state index in [-0.39, 0.29) is 5.57 Å². The molecule has 0 saturated carbocycles. The molecule has 0 radical (unpaired) electrons. The number of rotatable bonds is 7. The lowest BCUT2D eigenvalue weighted by atomic mass is 10.1. The highest BCUT2D eigenvalue weighted by Gasteiger charge is 2.11. The zero-order valence-corrected chi connectivity index (χ0v) is 14.4. The van der Waals surface area contributed by atoms with E-state index in [1.165, 1.54) is 24.4 Å². The van der Waals surface area contributed by atoms with Crippen molar-refractivity contribution in [2.75, 3.05) is 19.0 Å². The van der Waals surface area contributed by atoms with Gasteiger partial charge >= 0.3 is 0 Å². The summed E-state index contributed by atoms with van der Waals surface area (Å²) in [6, 6.07) is 17.2. The van der Waals surface area contributed by atoms with E-state index < -0.39 is 5.91 Å². The molecule has 0 saturated heterocycles. The number of nitrogens with zero attached hydrogens (tertiary/aromatic N) is 1. The van der Waals surface area contributed by atoms with Crippen molar-refractivity contribution in [2.45, 2.75) is 13.3 Å². The Morgan fingerprint density at radius 3 is 2.60 bits per heavy atom. The number of hydrogen-bond donors (Lipinski definition) is 2. The fourth-order valence-electron chi connectivity index (χ4n) is 2.23. The van der Waals surface area contributed by atoms with Gasteiger partial charge in [-0.25, -0.2) is 0 Å². The Kier molecular flexibility index (Phi) is 6.61. The number of carbonyl (C=O) groups excluding carboxylic acids is 1. The van der Waals surface area contributed by atoms with E-state index in [2.05, 4.69) is 34.9 Å². The normalized spacial score (nSPS) is 10.7. The molecule has 2 aromatic carbocycles. The van der Waals surface area contributed by atoms with E-state index in [0.29, 0.717) is 18.0 Å². The van der Waals surface area contributed by atoms with Gasteiger partial charge in [0.25, 0.3) is 5.91 Å². The number of para-hydroxylation sites is 2. The SMILES string of the molecule is COc1ccccc1NC(=O)/C(C#N)=C\NCCc1ccc(C)cc1. The van der Waals surface area contributed by atoms with Gasteiger partial charge in [-0.1, -0.05) is 42.0 Å². The lowest BCUT2D eigenvalue weighted by molar-refractivity contribution is -0.112. The van der Waals surface area contributed by atoms with Crippen LogP contribution in [0.5, 0.6) is 5.75 Å². The molecular formula is C20H21N3O2. The fraction of sp³-hybridized carbons (Fsp3) is 0.200. The number of ether oxygens (including phenoxy) is 1. The zero-order valence-electron chi connectivity index (χ0n) is 14.4. The zero-order chi connectivity index (χ0) is 18.1. The van der Waals surface area contributed by atoms with Crippen LogP contribution in [0, 0.1) is 18.3 Å². The molecule has 0 unspecified atom stereocenters. The lowest BCUT2D eigenvalue weighted by Crippen LogP contribution is -2.18. The molecule has 0 aliphatic rings. The van der Waals surface area contributed by atoms with E-state index >= 15 is 0 Å². The third kappa shape index (κ3) is 5.40. The Hall–Kier alpha value is -3.26. The van der Waals surface area contributed by atoms with Gasteiger partial charge in [0.1, 0.15) is 17.4 Å². The van der Waals surface area contributed by atoms with Gasteiger partial charge in [-0.15, -0.1) is 0 Å². The van der Waals surface area contributed by atoms with Crippen molar-refractivity contribution in [3.05, 3.63) is 71.4 Å². The summed E-state index contributed by atoms with van der Waals surface area (Å²) in [7, 11) is 1.53. The first-order valence-corrected chi connectivity index (χ1v) is 7.97. The minimum Gasteiger partial charge on any atom is -0.495 e. The standard InChI is InChI=1S/C20H21N3O2/c1-15-7-9-16(10-8-15)11-12-22-14-17(13-21)20(24)23-18-5-3-4-6-19(18)25-2/h3-10,14,22H,11-12H2,1-2H3,(H,23,24)/b17-14-. The maximum Gasteiger partial charge on any atom is 0.267 e. The summed E-state index contributed by atoms with van der Waals surface area (Å²) in [4.78, 5) is 12.2. The molecule has 0 spiro atoms. The van der Waals surface area contributed by atoms with Crippen molar-refractivity contribution in [3.8, 4) is 11.8 Å². The van der Waals surface area contributed by atoms with Crippen molar-refractivity contribution in [2.24, 2.45) is 0 Å². The summed E-state index contributed by atoms with van der Waals surface area (Å²) in [6.07, 6.45) is 2.25. The summed E-state index contributed by atoms with van der Waals surface area (Å²) in [5.74, 6) is 0.0651. The van der Waals surface area contributed by atoms with Crippen LogP contribution >= 0.6 is 0 Å². The van der Waals surface area contributed by atoms with E-state index in [9.17, 15) is 10.1 Å². The molecule has 2 aromatic rings. The second-order valence-corrected chi connectivity index (χ2v) is 5.51. The van der Waals surface area contributed by atoms with Crippen LogP contribution in [0.4, 0.5) is 5.69 Å². The largest absolute Gasteiger partial charge is 0.495 e. The molecule has 1 amide bonds. The van der Waals surface area contributed by atoms with E-state index in [1.54, 1.807) is 18.2 Å². The first-order chi connectivity index (χ1) is 12.1. The number of hydrogen-bond acceptors (Lipinski definition) is 4. The smallest absolute Gasteiger partial charge is 0.267 e. The van der Waals surface area contributed by atoms with Crippen LogP contribution in [0.25, 0.3) is 0 Å². The van der Waals surface area contributed by atoms with Crippen LogP contribution < -0.4 is 15.4 Å². The predicted molar refractivity (Wildman–Crippen MR) is 98.2 cm³/mol. The second-order valence-electron chi connectivity index (χ2n) is 5.51. The van der Waals surface area contributed by atoms with Crippen molar-refractivity contribution in [1.82, 2.24) is 5.32 Å². The van der Waals surface area contributed by atoms with E-state index in [0.717, 1.165) is 6.42 Å². The molecule has 5 heteroatoms. The van der Waals surface area contributed by atoms with Crippen molar-refractivity contribution in [1.29, 1.82) is 5.26 Å². The molecule has 0 aliphatic heterocycles. The Morgan fingerprint density at radius 1 is 1.20 bits per heavy atom. The van der Waals surface area contributed by atoms with Crippen LogP contribution in [-0.2, 0) is 11.2 Å². The van der Waals surface area contributed by atoms with Gasteiger partial charge in [-0.3, -0.25) is 4.79 Å². The van der Waals surface area contributed by atoms with Gasteiger partial charge in [-0.05, 0) is 31.0 Å². The fourth-order valence-corrected chi connectivity index (χ4v) is 2.23. The molecule has 5 nitrogen and oxygen atoms in total. The molecular weight excluding hydrogens is 314 g/mol. The van der Waals surface area contributed by atoms with Crippen LogP contribution in [0.15, 0.2) is 60.3 Å². The van der Waals surface area contributed by atoms with E-state index in [1.807, 2.05) is 19.1 Å². The number of methoxy groups -OCH3 is 1. The molecule has 0 fully saturated rings. The molecule has 2 rings (SSSR count). The minimum absolute atomic E-state index is 0.00909. The monoisotopic (exact) mass is 335 g/mol. The molecule has 0 bridgehead atoms. The maximum absolute atomic E-state index is 12.2. The van der Waals surface area contributed by atoms with Gasteiger partial charge in [0.15, 0.2) is 0 Å². The average molecular weight is 335 g/mol. The van der Waals surface area contributed by atoms with Crippen LogP contribution in [-0.4, -0.2) is 19.6 Å². The van der Waals surface area contributed by atoms with Crippen molar-refractivity contribution in [3.63, 3.8) is 0 Å². The van der Waals surface area contributed by atoms with Crippen LogP contribution in [0.3, 0.4) is 0 Å². The molecule has 0 aromatic heterocycles.